The van der Waals surface area contributed by atoms with Crippen LogP contribution in [0.15, 0.2) is 0 Å². The molecule has 1 spiro atoms. The van der Waals surface area contributed by atoms with Crippen molar-refractivity contribution in [3.05, 3.63) is 0 Å². The Kier molecular flexibility index (Phi) is 3.16. The van der Waals surface area contributed by atoms with Gasteiger partial charge < -0.3 is 10.2 Å². The monoisotopic (exact) mass is 283 g/mol. The predicted molar refractivity (Wildman–Crippen MR) is 70.7 cm³/mol. The molecular formula is C12H17N3O3S. The van der Waals surface area contributed by atoms with Crippen LogP contribution in [0.3, 0.4) is 0 Å². The Hall–Kier alpha value is -1.24. The highest BCUT2D eigenvalue weighted by Crippen LogP contribution is 2.31. The molecular weight excluding hydrogens is 266 g/mol. The van der Waals surface area contributed by atoms with Gasteiger partial charge in [-0.2, -0.15) is 0 Å². The van der Waals surface area contributed by atoms with E-state index in [0.717, 1.165) is 18.6 Å². The molecule has 3 aliphatic rings. The van der Waals surface area contributed by atoms with Crippen LogP contribution >= 0.6 is 11.8 Å². The van der Waals surface area contributed by atoms with Crippen molar-refractivity contribution < 1.29 is 14.4 Å². The van der Waals surface area contributed by atoms with Gasteiger partial charge in [-0.3, -0.25) is 14.9 Å². The number of thioether (sulfide) groups is 1. The molecule has 104 valence electrons. The van der Waals surface area contributed by atoms with Gasteiger partial charge in [0.05, 0.1) is 5.25 Å². The summed E-state index contributed by atoms with van der Waals surface area (Å²) in [6, 6.07) is -0.420. The summed E-state index contributed by atoms with van der Waals surface area (Å²) in [4.78, 5) is 37.1. The number of nitrogens with zero attached hydrogens (tertiary/aromatic N) is 1. The quantitative estimate of drug-likeness (QED) is 0.668. The van der Waals surface area contributed by atoms with Crippen LogP contribution in [0.1, 0.15) is 25.7 Å². The fraction of sp³-hybridized carbons (Fsp3) is 0.750. The number of hydrogen-bond acceptors (Lipinski definition) is 4. The highest BCUT2D eigenvalue weighted by Gasteiger charge is 2.48. The van der Waals surface area contributed by atoms with E-state index in [1.807, 2.05) is 4.90 Å². The van der Waals surface area contributed by atoms with Crippen molar-refractivity contribution in [2.75, 3.05) is 18.8 Å². The summed E-state index contributed by atoms with van der Waals surface area (Å²) < 4.78 is 0. The Balaban J connectivity index is 1.61. The first-order valence-electron chi connectivity index (χ1n) is 6.65. The molecule has 7 heteroatoms. The maximum absolute atomic E-state index is 12.3. The fourth-order valence-corrected chi connectivity index (χ4v) is 4.21. The van der Waals surface area contributed by atoms with Gasteiger partial charge in [-0.1, -0.05) is 0 Å². The minimum atomic E-state index is -0.781. The molecule has 1 unspecified atom stereocenters. The van der Waals surface area contributed by atoms with E-state index in [0.29, 0.717) is 25.9 Å². The second kappa shape index (κ2) is 4.70. The number of hydrogen-bond donors (Lipinski definition) is 2. The van der Waals surface area contributed by atoms with E-state index < -0.39 is 11.6 Å². The number of piperidine rings is 1. The third-order valence-corrected chi connectivity index (χ3v) is 5.51. The Morgan fingerprint density at radius 1 is 1.32 bits per heavy atom. The molecule has 0 aromatic rings. The van der Waals surface area contributed by atoms with Crippen molar-refractivity contribution in [2.45, 2.75) is 36.5 Å². The van der Waals surface area contributed by atoms with Crippen molar-refractivity contribution in [1.29, 1.82) is 0 Å². The third-order valence-electron chi connectivity index (χ3n) is 4.15. The molecule has 3 heterocycles. The largest absolute Gasteiger partial charge is 0.342 e. The molecule has 6 nitrogen and oxygen atoms in total. The third kappa shape index (κ3) is 2.20. The second-order valence-electron chi connectivity index (χ2n) is 5.32. The normalized spacial score (nSPS) is 29.5. The van der Waals surface area contributed by atoms with E-state index in [-0.39, 0.29) is 17.1 Å². The van der Waals surface area contributed by atoms with E-state index in [2.05, 4.69) is 10.6 Å². The summed E-state index contributed by atoms with van der Waals surface area (Å²) in [6.07, 6.45) is 3.08. The number of carbonyl (C=O) groups excluding carboxylic acids is 3. The maximum atomic E-state index is 12.3. The van der Waals surface area contributed by atoms with Gasteiger partial charge >= 0.3 is 6.03 Å². The van der Waals surface area contributed by atoms with Gasteiger partial charge in [-0.25, -0.2) is 4.79 Å². The number of rotatable bonds is 1. The number of imide groups is 1. The minimum Gasteiger partial charge on any atom is -0.342 e. The molecule has 3 rings (SSSR count). The average molecular weight is 283 g/mol. The summed E-state index contributed by atoms with van der Waals surface area (Å²) in [7, 11) is 0. The average Bonchev–Trinajstić information content (AvgIpc) is 2.99. The molecule has 0 aliphatic carbocycles. The molecule has 3 saturated heterocycles. The summed E-state index contributed by atoms with van der Waals surface area (Å²) in [5.41, 5.74) is -0.781. The molecule has 2 N–H and O–H groups in total. The zero-order chi connectivity index (χ0) is 13.5. The Labute approximate surface area is 115 Å². The van der Waals surface area contributed by atoms with E-state index in [1.165, 1.54) is 0 Å². The minimum absolute atomic E-state index is 0.0982. The molecule has 0 radical (unpaired) electrons. The highest BCUT2D eigenvalue weighted by atomic mass is 32.2. The van der Waals surface area contributed by atoms with Crippen LogP contribution in [-0.4, -0.2) is 52.4 Å². The Bertz CT molecular complexity index is 426. The van der Waals surface area contributed by atoms with Gasteiger partial charge in [0.25, 0.3) is 5.91 Å². The number of urea groups is 1. The SMILES string of the molecule is O=C1NC(=O)C2(CCN(C(=O)C3CCCS3)CC2)N1. The first-order chi connectivity index (χ1) is 9.11. The lowest BCUT2D eigenvalue weighted by molar-refractivity contribution is -0.135. The van der Waals surface area contributed by atoms with E-state index in [1.54, 1.807) is 11.8 Å². The van der Waals surface area contributed by atoms with Crippen molar-refractivity contribution in [2.24, 2.45) is 0 Å². The van der Waals surface area contributed by atoms with Gasteiger partial charge in [0.2, 0.25) is 5.91 Å². The van der Waals surface area contributed by atoms with Crippen LogP contribution < -0.4 is 10.6 Å². The molecule has 3 aliphatic heterocycles. The molecule has 1 atom stereocenters. The van der Waals surface area contributed by atoms with Gasteiger partial charge in [0, 0.05) is 13.1 Å². The molecule has 19 heavy (non-hydrogen) atoms. The fourth-order valence-electron chi connectivity index (χ4n) is 2.97. The van der Waals surface area contributed by atoms with Gasteiger partial charge in [-0.05, 0) is 31.4 Å². The lowest BCUT2D eigenvalue weighted by Gasteiger charge is -2.37. The number of amides is 4. The highest BCUT2D eigenvalue weighted by molar-refractivity contribution is 8.00. The van der Waals surface area contributed by atoms with Crippen molar-refractivity contribution >= 4 is 29.6 Å². The number of likely N-dealkylation sites (tertiary alicyclic amines) is 1. The van der Waals surface area contributed by atoms with Crippen LogP contribution in [0, 0.1) is 0 Å². The first kappa shape index (κ1) is 12.8. The molecule has 0 aromatic heterocycles. The number of nitrogens with one attached hydrogen (secondary N) is 2. The van der Waals surface area contributed by atoms with Crippen molar-refractivity contribution in [3.8, 4) is 0 Å². The van der Waals surface area contributed by atoms with Gasteiger partial charge in [0.15, 0.2) is 0 Å². The predicted octanol–water partition coefficient (Wildman–Crippen LogP) is 0.0826. The van der Waals surface area contributed by atoms with Gasteiger partial charge in [0.1, 0.15) is 5.54 Å². The molecule has 0 aromatic carbocycles. The standard InChI is InChI=1S/C12H17N3O3S/c16-9(8-2-1-7-19-8)15-5-3-12(4-6-15)10(17)13-11(18)14-12/h8H,1-7H2,(H2,13,14,17,18). The second-order valence-corrected chi connectivity index (χ2v) is 6.63. The van der Waals surface area contributed by atoms with Gasteiger partial charge in [-0.15, -0.1) is 11.8 Å². The van der Waals surface area contributed by atoms with Crippen LogP contribution in [0.2, 0.25) is 0 Å². The topological polar surface area (TPSA) is 78.5 Å². The summed E-state index contributed by atoms with van der Waals surface area (Å²) in [6.45, 7) is 1.09. The van der Waals surface area contributed by atoms with Crippen LogP contribution in [0.25, 0.3) is 0 Å². The van der Waals surface area contributed by atoms with Crippen molar-refractivity contribution in [1.82, 2.24) is 15.5 Å². The van der Waals surface area contributed by atoms with E-state index in [4.69, 9.17) is 0 Å². The summed E-state index contributed by atoms with van der Waals surface area (Å²) in [5, 5.41) is 5.08. The van der Waals surface area contributed by atoms with Crippen LogP contribution in [0.5, 0.6) is 0 Å². The lowest BCUT2D eigenvalue weighted by Crippen LogP contribution is -2.56. The summed E-state index contributed by atoms with van der Waals surface area (Å²) in [5.74, 6) is 1.01. The molecule has 4 amide bonds. The zero-order valence-corrected chi connectivity index (χ0v) is 11.4. The lowest BCUT2D eigenvalue weighted by atomic mass is 9.87. The number of carbonyl (C=O) groups is 3. The molecule has 0 bridgehead atoms. The summed E-state index contributed by atoms with van der Waals surface area (Å²) >= 11 is 1.73. The van der Waals surface area contributed by atoms with Crippen LogP contribution in [-0.2, 0) is 9.59 Å². The maximum Gasteiger partial charge on any atom is 0.322 e. The molecule has 3 fully saturated rings. The smallest absolute Gasteiger partial charge is 0.322 e. The Morgan fingerprint density at radius 2 is 2.05 bits per heavy atom. The first-order valence-corrected chi connectivity index (χ1v) is 7.70. The zero-order valence-electron chi connectivity index (χ0n) is 10.6. The Morgan fingerprint density at radius 3 is 2.58 bits per heavy atom. The van der Waals surface area contributed by atoms with E-state index in [9.17, 15) is 14.4 Å². The molecule has 0 saturated carbocycles. The van der Waals surface area contributed by atoms with Crippen LogP contribution in [0.4, 0.5) is 4.79 Å². The van der Waals surface area contributed by atoms with Crippen molar-refractivity contribution in [3.63, 3.8) is 0 Å². The van der Waals surface area contributed by atoms with E-state index >= 15 is 0 Å².